The largest absolute Gasteiger partial charge is 0.398 e. The summed E-state index contributed by atoms with van der Waals surface area (Å²) in [6.45, 7) is 1.93. The van der Waals surface area contributed by atoms with Gasteiger partial charge in [-0.25, -0.2) is 4.98 Å². The molecule has 2 heterocycles. The number of aromatic nitrogens is 3. The summed E-state index contributed by atoms with van der Waals surface area (Å²) in [4.78, 5) is 4.18. The Morgan fingerprint density at radius 3 is 2.92 bits per heavy atom. The zero-order valence-corrected chi connectivity index (χ0v) is 7.07. The molecule has 2 aromatic heterocycles. The first kappa shape index (κ1) is 7.09. The van der Waals surface area contributed by atoms with Crippen LogP contribution in [0.2, 0.25) is 0 Å². The Morgan fingerprint density at radius 1 is 1.50 bits per heavy atom. The number of nitrogens with zero attached hydrogens (tertiary/aromatic N) is 3. The molecule has 0 unspecified atom stereocenters. The number of hydrogen-bond acceptors (Lipinski definition) is 3. The molecular formula is C8H10N4. The number of anilines is 1. The van der Waals surface area contributed by atoms with Crippen molar-refractivity contribution in [3.8, 4) is 0 Å². The molecule has 0 saturated carbocycles. The van der Waals surface area contributed by atoms with Crippen LogP contribution in [0.25, 0.3) is 11.0 Å². The van der Waals surface area contributed by atoms with E-state index in [-0.39, 0.29) is 0 Å². The number of rotatable bonds is 0. The van der Waals surface area contributed by atoms with E-state index in [1.165, 1.54) is 0 Å². The lowest BCUT2D eigenvalue weighted by Gasteiger charge is -1.94. The Labute approximate surface area is 70.0 Å². The van der Waals surface area contributed by atoms with Crippen LogP contribution < -0.4 is 5.73 Å². The third-order valence-electron chi connectivity index (χ3n) is 1.93. The van der Waals surface area contributed by atoms with Crippen LogP contribution in [0.1, 0.15) is 5.69 Å². The van der Waals surface area contributed by atoms with Crippen LogP contribution in [0.3, 0.4) is 0 Å². The molecule has 0 radical (unpaired) electrons. The van der Waals surface area contributed by atoms with Gasteiger partial charge in [-0.15, -0.1) is 0 Å². The molecule has 4 heteroatoms. The van der Waals surface area contributed by atoms with Gasteiger partial charge < -0.3 is 5.73 Å². The molecule has 4 nitrogen and oxygen atoms in total. The average Bonchev–Trinajstić information content (AvgIpc) is 2.29. The molecule has 12 heavy (non-hydrogen) atoms. The molecule has 0 bridgehead atoms. The molecule has 2 aromatic rings. The topological polar surface area (TPSA) is 56.7 Å². The van der Waals surface area contributed by atoms with Gasteiger partial charge in [-0.2, -0.15) is 5.10 Å². The molecule has 0 spiro atoms. The molecule has 2 rings (SSSR count). The van der Waals surface area contributed by atoms with Crippen LogP contribution in [0.4, 0.5) is 5.69 Å². The molecule has 2 N–H and O–H groups in total. The maximum absolute atomic E-state index is 5.78. The first-order valence-corrected chi connectivity index (χ1v) is 3.74. The minimum absolute atomic E-state index is 0.741. The van der Waals surface area contributed by atoms with Crippen LogP contribution in [0.5, 0.6) is 0 Å². The number of nitrogens with two attached hydrogens (primary N) is 1. The van der Waals surface area contributed by atoms with Crippen LogP contribution in [0.15, 0.2) is 12.3 Å². The number of pyridine rings is 1. The van der Waals surface area contributed by atoms with Crippen molar-refractivity contribution in [2.45, 2.75) is 6.92 Å². The Balaban J connectivity index is 2.99. The van der Waals surface area contributed by atoms with E-state index in [2.05, 4.69) is 10.1 Å². The zero-order valence-electron chi connectivity index (χ0n) is 7.07. The normalized spacial score (nSPS) is 10.8. The SMILES string of the molecule is Cc1nn(C)c2nccc(N)c12. The fraction of sp³-hybridized carbons (Fsp3) is 0.250. The van der Waals surface area contributed by atoms with E-state index >= 15 is 0 Å². The van der Waals surface area contributed by atoms with Crippen LogP contribution >= 0.6 is 0 Å². The first-order valence-electron chi connectivity index (χ1n) is 3.74. The minimum atomic E-state index is 0.741. The number of nitrogen functional groups attached to an aromatic ring is 1. The molecule has 0 saturated heterocycles. The number of fused-ring (bicyclic) bond motifs is 1. The Hall–Kier alpha value is -1.58. The summed E-state index contributed by atoms with van der Waals surface area (Å²) in [6.07, 6.45) is 1.69. The van der Waals surface area contributed by atoms with Gasteiger partial charge in [0.25, 0.3) is 0 Å². The van der Waals surface area contributed by atoms with E-state index < -0.39 is 0 Å². The summed E-state index contributed by atoms with van der Waals surface area (Å²) in [5.41, 5.74) is 8.29. The van der Waals surface area contributed by atoms with E-state index in [1.54, 1.807) is 16.9 Å². The van der Waals surface area contributed by atoms with Gasteiger partial charge in [-0.05, 0) is 13.0 Å². The standard InChI is InChI=1S/C8H10N4/c1-5-7-6(9)3-4-10-8(7)12(2)11-5/h3-4H,1-2H3,(H2,9,10). The number of hydrogen-bond donors (Lipinski definition) is 1. The van der Waals surface area contributed by atoms with E-state index in [9.17, 15) is 0 Å². The van der Waals surface area contributed by atoms with Gasteiger partial charge in [-0.3, -0.25) is 4.68 Å². The highest BCUT2D eigenvalue weighted by atomic mass is 15.3. The third-order valence-corrected chi connectivity index (χ3v) is 1.93. The van der Waals surface area contributed by atoms with Gasteiger partial charge in [0.05, 0.1) is 11.1 Å². The second kappa shape index (κ2) is 2.20. The third kappa shape index (κ3) is 0.777. The summed E-state index contributed by atoms with van der Waals surface area (Å²) in [6, 6.07) is 1.79. The predicted molar refractivity (Wildman–Crippen MR) is 47.7 cm³/mol. The van der Waals surface area contributed by atoms with Crippen LogP contribution in [-0.2, 0) is 7.05 Å². The fourth-order valence-electron chi connectivity index (χ4n) is 1.40. The fourth-order valence-corrected chi connectivity index (χ4v) is 1.40. The van der Waals surface area contributed by atoms with Gasteiger partial charge in [0.2, 0.25) is 0 Å². The van der Waals surface area contributed by atoms with Gasteiger partial charge in [-0.1, -0.05) is 0 Å². The van der Waals surface area contributed by atoms with E-state index in [0.717, 1.165) is 22.4 Å². The molecule has 0 amide bonds. The van der Waals surface area contributed by atoms with Crippen molar-refractivity contribution < 1.29 is 0 Å². The molecule has 0 aromatic carbocycles. The maximum Gasteiger partial charge on any atom is 0.159 e. The second-order valence-corrected chi connectivity index (χ2v) is 2.81. The first-order chi connectivity index (χ1) is 5.70. The molecule has 0 aliphatic heterocycles. The summed E-state index contributed by atoms with van der Waals surface area (Å²) in [7, 11) is 1.86. The summed E-state index contributed by atoms with van der Waals surface area (Å²) >= 11 is 0. The van der Waals surface area contributed by atoms with Gasteiger partial charge in [0, 0.05) is 18.9 Å². The number of aryl methyl sites for hydroxylation is 2. The second-order valence-electron chi connectivity index (χ2n) is 2.81. The molecule has 0 aliphatic rings. The van der Waals surface area contributed by atoms with Gasteiger partial charge >= 0.3 is 0 Å². The van der Waals surface area contributed by atoms with Crippen LogP contribution in [0, 0.1) is 6.92 Å². The minimum Gasteiger partial charge on any atom is -0.398 e. The highest BCUT2D eigenvalue weighted by molar-refractivity contribution is 5.89. The smallest absolute Gasteiger partial charge is 0.159 e. The van der Waals surface area contributed by atoms with Crippen molar-refractivity contribution >= 4 is 16.7 Å². The Bertz CT molecular complexity index is 430. The van der Waals surface area contributed by atoms with Gasteiger partial charge in [0.1, 0.15) is 0 Å². The maximum atomic E-state index is 5.78. The summed E-state index contributed by atoms with van der Waals surface area (Å²) < 4.78 is 1.74. The molecular weight excluding hydrogens is 152 g/mol. The van der Waals surface area contributed by atoms with Crippen LogP contribution in [-0.4, -0.2) is 14.8 Å². The highest BCUT2D eigenvalue weighted by Gasteiger charge is 2.07. The lowest BCUT2D eigenvalue weighted by Crippen LogP contribution is -1.92. The predicted octanol–water partition coefficient (Wildman–Crippen LogP) is 0.859. The van der Waals surface area contributed by atoms with Crippen molar-refractivity contribution in [1.82, 2.24) is 14.8 Å². The van der Waals surface area contributed by atoms with Crippen molar-refractivity contribution in [3.63, 3.8) is 0 Å². The molecule has 0 aliphatic carbocycles. The lowest BCUT2D eigenvalue weighted by molar-refractivity contribution is 0.774. The Morgan fingerprint density at radius 2 is 2.25 bits per heavy atom. The molecule has 62 valence electrons. The zero-order chi connectivity index (χ0) is 8.72. The molecule has 0 fully saturated rings. The van der Waals surface area contributed by atoms with E-state index in [4.69, 9.17) is 5.73 Å². The summed E-state index contributed by atoms with van der Waals surface area (Å²) in [5.74, 6) is 0. The Kier molecular flexibility index (Phi) is 1.30. The van der Waals surface area contributed by atoms with Crippen molar-refractivity contribution in [2.24, 2.45) is 7.05 Å². The van der Waals surface area contributed by atoms with E-state index in [1.807, 2.05) is 14.0 Å². The quantitative estimate of drug-likeness (QED) is 0.625. The average molecular weight is 162 g/mol. The van der Waals surface area contributed by atoms with E-state index in [0.29, 0.717) is 0 Å². The molecule has 0 atom stereocenters. The van der Waals surface area contributed by atoms with Crippen molar-refractivity contribution in [1.29, 1.82) is 0 Å². The van der Waals surface area contributed by atoms with Gasteiger partial charge in [0.15, 0.2) is 5.65 Å². The van der Waals surface area contributed by atoms with Crippen molar-refractivity contribution in [2.75, 3.05) is 5.73 Å². The highest BCUT2D eigenvalue weighted by Crippen LogP contribution is 2.20. The summed E-state index contributed by atoms with van der Waals surface area (Å²) in [5, 5.41) is 5.18. The lowest BCUT2D eigenvalue weighted by atomic mass is 10.2. The van der Waals surface area contributed by atoms with Crippen molar-refractivity contribution in [3.05, 3.63) is 18.0 Å². The monoisotopic (exact) mass is 162 g/mol.